The van der Waals surface area contributed by atoms with Crippen molar-refractivity contribution < 1.29 is 21.6 Å². The average Bonchev–Trinajstić information content (AvgIpc) is 3.21. The Morgan fingerprint density at radius 1 is 1.17 bits per heavy atom. The molecule has 30 heavy (non-hydrogen) atoms. The predicted octanol–water partition coefficient (Wildman–Crippen LogP) is 2.06. The Kier molecular flexibility index (Phi) is 5.16. The minimum Gasteiger partial charge on any atom is -0.361 e. The highest BCUT2D eigenvalue weighted by Crippen LogP contribution is 2.28. The highest BCUT2D eigenvalue weighted by molar-refractivity contribution is 7.94. The first-order valence-corrected chi connectivity index (χ1v) is 12.5. The summed E-state index contributed by atoms with van der Waals surface area (Å²) in [7, 11) is -7.49. The molecular formula is C20H21N3O5S2. The van der Waals surface area contributed by atoms with Crippen molar-refractivity contribution in [3.63, 3.8) is 0 Å². The third-order valence-corrected chi connectivity index (χ3v) is 8.43. The molecule has 2 heterocycles. The maximum absolute atomic E-state index is 12.8. The van der Waals surface area contributed by atoms with Crippen LogP contribution in [-0.4, -0.2) is 40.0 Å². The largest absolute Gasteiger partial charge is 0.361 e. The van der Waals surface area contributed by atoms with E-state index in [1.54, 1.807) is 6.92 Å². The lowest BCUT2D eigenvalue weighted by Crippen LogP contribution is -2.30. The van der Waals surface area contributed by atoms with Gasteiger partial charge in [0.25, 0.3) is 0 Å². The third-order valence-electron chi connectivity index (χ3n) is 5.12. The van der Waals surface area contributed by atoms with Gasteiger partial charge in [0.2, 0.25) is 26.0 Å². The summed E-state index contributed by atoms with van der Waals surface area (Å²) in [4.78, 5) is 15.2. The van der Waals surface area contributed by atoms with Crippen molar-refractivity contribution >= 4 is 42.5 Å². The average molecular weight is 448 g/mol. The molecule has 2 aromatic carbocycles. The summed E-state index contributed by atoms with van der Waals surface area (Å²) in [6, 6.07) is 11.9. The molecule has 0 spiro atoms. The molecule has 2 N–H and O–H groups in total. The first-order valence-electron chi connectivity index (χ1n) is 9.40. The second-order valence-corrected chi connectivity index (χ2v) is 10.9. The van der Waals surface area contributed by atoms with Crippen LogP contribution in [0.3, 0.4) is 0 Å². The van der Waals surface area contributed by atoms with Crippen molar-refractivity contribution in [2.45, 2.75) is 24.7 Å². The molecular weight excluding hydrogens is 426 g/mol. The van der Waals surface area contributed by atoms with Crippen molar-refractivity contribution in [2.75, 3.05) is 16.6 Å². The number of sulfonamides is 2. The van der Waals surface area contributed by atoms with E-state index in [1.807, 2.05) is 30.5 Å². The van der Waals surface area contributed by atoms with Crippen LogP contribution in [0.4, 0.5) is 5.69 Å². The van der Waals surface area contributed by atoms with Gasteiger partial charge < -0.3 is 4.98 Å². The Hall–Kier alpha value is -2.69. The second kappa shape index (κ2) is 7.53. The number of hydrogen-bond donors (Lipinski definition) is 2. The van der Waals surface area contributed by atoms with Crippen LogP contribution >= 0.6 is 0 Å². The van der Waals surface area contributed by atoms with Crippen LogP contribution in [0.1, 0.15) is 17.5 Å². The summed E-state index contributed by atoms with van der Waals surface area (Å²) in [6.07, 6.45) is 2.31. The molecule has 3 aromatic rings. The van der Waals surface area contributed by atoms with Crippen LogP contribution in [0.2, 0.25) is 0 Å². The first-order chi connectivity index (χ1) is 14.2. The molecule has 0 radical (unpaired) electrons. The predicted molar refractivity (Wildman–Crippen MR) is 114 cm³/mol. The van der Waals surface area contributed by atoms with E-state index >= 15 is 0 Å². The molecule has 0 unspecified atom stereocenters. The normalized spacial score (nSPS) is 16.4. The third kappa shape index (κ3) is 3.73. The SMILES string of the molecule is Cc1cc(N2C(=O)CCS2(=O)=O)ccc1S(=O)(=O)NCCc1c[nH]c2ccccc12. The van der Waals surface area contributed by atoms with Crippen molar-refractivity contribution in [3.05, 3.63) is 59.8 Å². The minimum atomic E-state index is -3.79. The number of hydrogen-bond acceptors (Lipinski definition) is 5. The summed E-state index contributed by atoms with van der Waals surface area (Å²) < 4.78 is 53.0. The number of anilines is 1. The quantitative estimate of drug-likeness (QED) is 0.600. The molecule has 4 rings (SSSR count). The maximum atomic E-state index is 12.8. The van der Waals surface area contributed by atoms with E-state index < -0.39 is 26.0 Å². The molecule has 1 fully saturated rings. The number of aromatic nitrogens is 1. The first kappa shape index (κ1) is 20.6. The number of aryl methyl sites for hydroxylation is 1. The lowest BCUT2D eigenvalue weighted by Gasteiger charge is -2.17. The number of benzene rings is 2. The van der Waals surface area contributed by atoms with Gasteiger partial charge in [0.05, 0.1) is 16.3 Å². The molecule has 0 bridgehead atoms. The van der Waals surface area contributed by atoms with Gasteiger partial charge in [-0.15, -0.1) is 0 Å². The fraction of sp³-hybridized carbons (Fsp3) is 0.250. The Bertz CT molecular complexity index is 1340. The molecule has 1 aromatic heterocycles. The number of nitrogens with zero attached hydrogens (tertiary/aromatic N) is 1. The van der Waals surface area contributed by atoms with Gasteiger partial charge in [0.1, 0.15) is 0 Å². The number of aromatic amines is 1. The van der Waals surface area contributed by atoms with Crippen LogP contribution in [0.5, 0.6) is 0 Å². The molecule has 0 saturated carbocycles. The molecule has 8 nitrogen and oxygen atoms in total. The van der Waals surface area contributed by atoms with Gasteiger partial charge in [0.15, 0.2) is 0 Å². The zero-order chi connectivity index (χ0) is 21.5. The zero-order valence-corrected chi connectivity index (χ0v) is 17.9. The molecule has 10 heteroatoms. The van der Waals surface area contributed by atoms with Gasteiger partial charge in [-0.1, -0.05) is 18.2 Å². The fourth-order valence-corrected chi connectivity index (χ4v) is 6.37. The number of nitrogens with one attached hydrogen (secondary N) is 2. The number of para-hydroxylation sites is 1. The highest BCUT2D eigenvalue weighted by atomic mass is 32.2. The van der Waals surface area contributed by atoms with E-state index in [0.29, 0.717) is 12.0 Å². The summed E-state index contributed by atoms with van der Waals surface area (Å²) in [5, 5.41) is 1.05. The zero-order valence-electron chi connectivity index (χ0n) is 16.3. The lowest BCUT2D eigenvalue weighted by molar-refractivity contribution is -0.116. The maximum Gasteiger partial charge on any atom is 0.242 e. The van der Waals surface area contributed by atoms with Crippen molar-refractivity contribution in [1.82, 2.24) is 9.71 Å². The smallest absolute Gasteiger partial charge is 0.242 e. The Labute approximate surface area is 175 Å². The van der Waals surface area contributed by atoms with Gasteiger partial charge in [-0.3, -0.25) is 4.79 Å². The van der Waals surface area contributed by atoms with Crippen LogP contribution in [0.25, 0.3) is 10.9 Å². The lowest BCUT2D eigenvalue weighted by atomic mass is 10.1. The highest BCUT2D eigenvalue weighted by Gasteiger charge is 2.36. The van der Waals surface area contributed by atoms with Gasteiger partial charge >= 0.3 is 0 Å². The molecule has 1 aliphatic rings. The summed E-state index contributed by atoms with van der Waals surface area (Å²) in [5.74, 6) is -0.748. The number of H-pyrrole nitrogens is 1. The van der Waals surface area contributed by atoms with E-state index in [4.69, 9.17) is 0 Å². The second-order valence-electron chi connectivity index (χ2n) is 7.18. The fourth-order valence-electron chi connectivity index (χ4n) is 3.67. The van der Waals surface area contributed by atoms with E-state index in [2.05, 4.69) is 9.71 Å². The number of rotatable bonds is 6. The molecule has 0 atom stereocenters. The van der Waals surface area contributed by atoms with Gasteiger partial charge in [-0.2, -0.15) is 0 Å². The van der Waals surface area contributed by atoms with Gasteiger partial charge in [-0.05, 0) is 48.7 Å². The summed E-state index contributed by atoms with van der Waals surface area (Å²) in [5.41, 5.74) is 2.53. The van der Waals surface area contributed by atoms with Crippen LogP contribution in [-0.2, 0) is 31.3 Å². The van der Waals surface area contributed by atoms with E-state index in [0.717, 1.165) is 20.8 Å². The molecule has 1 aliphatic heterocycles. The van der Waals surface area contributed by atoms with Crippen molar-refractivity contribution in [1.29, 1.82) is 0 Å². The molecule has 0 aliphatic carbocycles. The van der Waals surface area contributed by atoms with Crippen molar-refractivity contribution in [2.24, 2.45) is 0 Å². The van der Waals surface area contributed by atoms with E-state index in [1.165, 1.54) is 18.2 Å². The molecule has 158 valence electrons. The van der Waals surface area contributed by atoms with Gasteiger partial charge in [0, 0.05) is 30.1 Å². The molecule has 1 saturated heterocycles. The molecule has 1 amide bonds. The summed E-state index contributed by atoms with van der Waals surface area (Å²) >= 11 is 0. The monoisotopic (exact) mass is 447 g/mol. The number of carbonyl (C=O) groups excluding carboxylic acids is 1. The standard InChI is InChI=1S/C20H21N3O5S2/c1-14-12-16(23-20(24)9-11-29(23,25)26)6-7-19(14)30(27,28)22-10-8-15-13-21-18-5-3-2-4-17(15)18/h2-7,12-13,21-22H,8-11H2,1H3. The Morgan fingerprint density at radius 2 is 1.93 bits per heavy atom. The number of carbonyl (C=O) groups is 1. The topological polar surface area (TPSA) is 116 Å². The summed E-state index contributed by atoms with van der Waals surface area (Å²) in [6.45, 7) is 1.79. The van der Waals surface area contributed by atoms with E-state index in [9.17, 15) is 21.6 Å². The van der Waals surface area contributed by atoms with Crippen LogP contribution in [0, 0.1) is 6.92 Å². The Balaban J connectivity index is 1.51. The number of fused-ring (bicyclic) bond motifs is 1. The Morgan fingerprint density at radius 3 is 2.63 bits per heavy atom. The number of amides is 1. The minimum absolute atomic E-state index is 0.0502. The van der Waals surface area contributed by atoms with Crippen LogP contribution < -0.4 is 9.03 Å². The van der Waals surface area contributed by atoms with Gasteiger partial charge in [-0.25, -0.2) is 25.9 Å². The van der Waals surface area contributed by atoms with Crippen molar-refractivity contribution in [3.8, 4) is 0 Å². The van der Waals surface area contributed by atoms with Crippen LogP contribution in [0.15, 0.2) is 53.6 Å². The van der Waals surface area contributed by atoms with E-state index in [-0.39, 0.29) is 29.3 Å².